The van der Waals surface area contributed by atoms with Crippen molar-refractivity contribution in [1.82, 2.24) is 4.90 Å². The van der Waals surface area contributed by atoms with Crippen molar-refractivity contribution in [3.05, 3.63) is 29.6 Å². The Balaban J connectivity index is 2.72. The smallest absolute Gasteiger partial charge is 0.319 e. The number of ether oxygens (including phenoxy) is 2. The Hall–Kier alpha value is -1.62. The summed E-state index contributed by atoms with van der Waals surface area (Å²) in [6, 6.07) is 4.30. The Bertz CT molecular complexity index is 395. The van der Waals surface area contributed by atoms with Gasteiger partial charge in [-0.3, -0.25) is 9.69 Å². The molecule has 0 bridgehead atoms. The summed E-state index contributed by atoms with van der Waals surface area (Å²) in [5.41, 5.74) is 0.693. The molecule has 0 radical (unpaired) electrons. The molecule has 0 heterocycles. The first-order valence-corrected chi connectivity index (χ1v) is 5.14. The number of nitrogens with zero attached hydrogens (tertiary/aromatic N) is 1. The molecule has 0 atom stereocenters. The van der Waals surface area contributed by atoms with Gasteiger partial charge in [0.2, 0.25) is 0 Å². The quantitative estimate of drug-likeness (QED) is 0.731. The van der Waals surface area contributed by atoms with Crippen molar-refractivity contribution in [2.45, 2.75) is 6.54 Å². The second-order valence-corrected chi connectivity index (χ2v) is 3.70. The molecule has 0 aliphatic carbocycles. The zero-order valence-corrected chi connectivity index (χ0v) is 10.2. The maximum absolute atomic E-state index is 13.1. The molecule has 4 nitrogen and oxygen atoms in total. The first-order valence-electron chi connectivity index (χ1n) is 5.14. The fraction of sp³-hybridized carbons (Fsp3) is 0.417. The molecule has 1 rings (SSSR count). The van der Waals surface area contributed by atoms with Crippen LogP contribution in [0.5, 0.6) is 5.75 Å². The minimum Gasteiger partial charge on any atom is -0.496 e. The lowest BCUT2D eigenvalue weighted by Crippen LogP contribution is -2.26. The molecule has 0 aliphatic rings. The van der Waals surface area contributed by atoms with Gasteiger partial charge in [0.05, 0.1) is 20.8 Å². The molecule has 0 unspecified atom stereocenters. The third-order valence-corrected chi connectivity index (χ3v) is 2.31. The van der Waals surface area contributed by atoms with Crippen molar-refractivity contribution in [2.75, 3.05) is 27.8 Å². The highest BCUT2D eigenvalue weighted by molar-refractivity contribution is 5.71. The molecule has 0 aromatic heterocycles. The molecule has 1 aromatic carbocycles. The Kier molecular flexibility index (Phi) is 4.90. The van der Waals surface area contributed by atoms with Gasteiger partial charge < -0.3 is 9.47 Å². The largest absolute Gasteiger partial charge is 0.496 e. The molecule has 1 aromatic rings. The Labute approximate surface area is 99.9 Å². The number of halogens is 1. The van der Waals surface area contributed by atoms with Gasteiger partial charge in [-0.15, -0.1) is 0 Å². The number of carbonyl (C=O) groups excluding carboxylic acids is 1. The summed E-state index contributed by atoms with van der Waals surface area (Å²) in [5.74, 6) is -0.0572. The molecule has 17 heavy (non-hydrogen) atoms. The van der Waals surface area contributed by atoms with E-state index in [2.05, 4.69) is 4.74 Å². The van der Waals surface area contributed by atoms with E-state index in [0.29, 0.717) is 17.9 Å². The number of carbonyl (C=O) groups is 1. The topological polar surface area (TPSA) is 38.8 Å². The van der Waals surface area contributed by atoms with Gasteiger partial charge >= 0.3 is 5.97 Å². The fourth-order valence-electron chi connectivity index (χ4n) is 1.50. The van der Waals surface area contributed by atoms with Crippen molar-refractivity contribution >= 4 is 5.97 Å². The Morgan fingerprint density at radius 3 is 2.71 bits per heavy atom. The summed E-state index contributed by atoms with van der Waals surface area (Å²) >= 11 is 0. The monoisotopic (exact) mass is 241 g/mol. The van der Waals surface area contributed by atoms with Gasteiger partial charge in [0.25, 0.3) is 0 Å². The number of hydrogen-bond donors (Lipinski definition) is 0. The predicted molar refractivity (Wildman–Crippen MR) is 61.3 cm³/mol. The van der Waals surface area contributed by atoms with Crippen molar-refractivity contribution in [3.63, 3.8) is 0 Å². The summed E-state index contributed by atoms with van der Waals surface area (Å²) < 4.78 is 22.8. The zero-order valence-electron chi connectivity index (χ0n) is 10.2. The molecule has 0 N–H and O–H groups in total. The van der Waals surface area contributed by atoms with Gasteiger partial charge in [-0.05, 0) is 25.2 Å². The van der Waals surface area contributed by atoms with Crippen LogP contribution in [0.3, 0.4) is 0 Å². The van der Waals surface area contributed by atoms with E-state index in [-0.39, 0.29) is 18.3 Å². The van der Waals surface area contributed by atoms with E-state index in [1.165, 1.54) is 26.4 Å². The van der Waals surface area contributed by atoms with Crippen molar-refractivity contribution in [1.29, 1.82) is 0 Å². The number of likely N-dealkylation sites (N-methyl/N-ethyl adjacent to an activating group) is 1. The second kappa shape index (κ2) is 6.20. The lowest BCUT2D eigenvalue weighted by Gasteiger charge is -2.17. The average molecular weight is 241 g/mol. The van der Waals surface area contributed by atoms with Gasteiger partial charge in [-0.25, -0.2) is 4.39 Å². The minimum absolute atomic E-state index is 0.149. The number of rotatable bonds is 5. The van der Waals surface area contributed by atoms with E-state index < -0.39 is 0 Å². The number of hydrogen-bond acceptors (Lipinski definition) is 4. The van der Waals surface area contributed by atoms with Crippen LogP contribution in [-0.2, 0) is 16.1 Å². The molecule has 0 saturated heterocycles. The van der Waals surface area contributed by atoms with Crippen LogP contribution in [-0.4, -0.2) is 38.7 Å². The Morgan fingerprint density at radius 1 is 1.41 bits per heavy atom. The van der Waals surface area contributed by atoms with Crippen LogP contribution in [0, 0.1) is 5.82 Å². The third kappa shape index (κ3) is 4.03. The van der Waals surface area contributed by atoms with Crippen molar-refractivity contribution in [2.24, 2.45) is 0 Å². The van der Waals surface area contributed by atoms with Gasteiger partial charge in [0, 0.05) is 12.1 Å². The van der Waals surface area contributed by atoms with Crippen LogP contribution < -0.4 is 4.74 Å². The molecular weight excluding hydrogens is 225 g/mol. The van der Waals surface area contributed by atoms with Crippen LogP contribution in [0.15, 0.2) is 18.2 Å². The third-order valence-electron chi connectivity index (χ3n) is 2.31. The molecule has 0 amide bonds. The maximum atomic E-state index is 13.1. The first-order chi connectivity index (χ1) is 8.06. The molecule has 0 aliphatic heterocycles. The SMILES string of the molecule is COC(=O)CN(C)Cc1cc(F)ccc1OC. The van der Waals surface area contributed by atoms with E-state index >= 15 is 0 Å². The second-order valence-electron chi connectivity index (χ2n) is 3.70. The van der Waals surface area contributed by atoms with Gasteiger partial charge in [0.15, 0.2) is 0 Å². The van der Waals surface area contributed by atoms with Crippen LogP contribution in [0.2, 0.25) is 0 Å². The normalized spacial score (nSPS) is 10.4. The van der Waals surface area contributed by atoms with E-state index in [1.807, 2.05) is 0 Å². The van der Waals surface area contributed by atoms with Gasteiger partial charge in [-0.1, -0.05) is 0 Å². The van der Waals surface area contributed by atoms with Crippen LogP contribution in [0.25, 0.3) is 0 Å². The number of esters is 1. The Morgan fingerprint density at radius 2 is 2.12 bits per heavy atom. The van der Waals surface area contributed by atoms with E-state index in [1.54, 1.807) is 18.0 Å². The molecular formula is C12H16FNO3. The lowest BCUT2D eigenvalue weighted by atomic mass is 10.2. The molecule has 0 fully saturated rings. The molecule has 94 valence electrons. The van der Waals surface area contributed by atoms with E-state index in [9.17, 15) is 9.18 Å². The van der Waals surface area contributed by atoms with E-state index in [4.69, 9.17) is 4.74 Å². The number of benzene rings is 1. The summed E-state index contributed by atoms with van der Waals surface area (Å²) in [6.45, 7) is 0.562. The summed E-state index contributed by atoms with van der Waals surface area (Å²) in [6.07, 6.45) is 0. The van der Waals surface area contributed by atoms with Crippen LogP contribution in [0.4, 0.5) is 4.39 Å². The number of methoxy groups -OCH3 is 2. The van der Waals surface area contributed by atoms with E-state index in [0.717, 1.165) is 0 Å². The minimum atomic E-state index is -0.331. The van der Waals surface area contributed by atoms with Gasteiger partial charge in [-0.2, -0.15) is 0 Å². The summed E-state index contributed by atoms with van der Waals surface area (Å²) in [5, 5.41) is 0. The predicted octanol–water partition coefficient (Wildman–Crippen LogP) is 1.44. The van der Waals surface area contributed by atoms with Crippen LogP contribution >= 0.6 is 0 Å². The standard InChI is InChI=1S/C12H16FNO3/c1-14(8-12(15)17-3)7-9-6-10(13)4-5-11(9)16-2/h4-6H,7-8H2,1-3H3. The molecule has 5 heteroatoms. The molecule has 0 spiro atoms. The molecule has 0 saturated carbocycles. The van der Waals surface area contributed by atoms with Crippen molar-refractivity contribution in [3.8, 4) is 5.75 Å². The average Bonchev–Trinajstić information content (AvgIpc) is 2.29. The highest BCUT2D eigenvalue weighted by atomic mass is 19.1. The first kappa shape index (κ1) is 13.4. The summed E-state index contributed by atoms with van der Waals surface area (Å²) in [7, 11) is 4.61. The highest BCUT2D eigenvalue weighted by Gasteiger charge is 2.10. The maximum Gasteiger partial charge on any atom is 0.319 e. The van der Waals surface area contributed by atoms with Crippen molar-refractivity contribution < 1.29 is 18.7 Å². The summed E-state index contributed by atoms with van der Waals surface area (Å²) in [4.78, 5) is 12.8. The fourth-order valence-corrected chi connectivity index (χ4v) is 1.50. The zero-order chi connectivity index (χ0) is 12.8. The highest BCUT2D eigenvalue weighted by Crippen LogP contribution is 2.20. The van der Waals surface area contributed by atoms with Crippen LogP contribution in [0.1, 0.15) is 5.56 Å². The lowest BCUT2D eigenvalue weighted by molar-refractivity contribution is -0.141. The van der Waals surface area contributed by atoms with Gasteiger partial charge in [0.1, 0.15) is 11.6 Å².